The van der Waals surface area contributed by atoms with Crippen LogP contribution in [0.3, 0.4) is 0 Å². The standard InChI is InChI=1S/C18H16ClN3O6/c1-2-20-17(24)11-4-3-5-12(8-11)21-16(23)10-28-18(25)14-9-13(22(26)27)6-7-15(14)19/h3-9H,2,10H2,1H3,(H,20,24)(H,21,23). The molecule has 0 spiro atoms. The number of rotatable bonds is 7. The molecule has 146 valence electrons. The number of carbonyl (C=O) groups excluding carboxylic acids is 3. The fourth-order valence-corrected chi connectivity index (χ4v) is 2.38. The van der Waals surface area contributed by atoms with E-state index in [1.165, 1.54) is 12.1 Å². The van der Waals surface area contributed by atoms with E-state index < -0.39 is 23.4 Å². The second-order valence-electron chi connectivity index (χ2n) is 5.49. The molecule has 0 aliphatic rings. The highest BCUT2D eigenvalue weighted by atomic mass is 35.5. The van der Waals surface area contributed by atoms with Gasteiger partial charge in [0.15, 0.2) is 6.61 Å². The first-order valence-corrected chi connectivity index (χ1v) is 8.48. The Morgan fingerprint density at radius 1 is 1.18 bits per heavy atom. The maximum Gasteiger partial charge on any atom is 0.340 e. The van der Waals surface area contributed by atoms with Crippen LogP contribution < -0.4 is 10.6 Å². The average Bonchev–Trinajstić information content (AvgIpc) is 2.66. The van der Waals surface area contributed by atoms with E-state index in [4.69, 9.17) is 16.3 Å². The molecule has 28 heavy (non-hydrogen) atoms. The molecule has 0 aliphatic heterocycles. The summed E-state index contributed by atoms with van der Waals surface area (Å²) in [5, 5.41) is 15.9. The van der Waals surface area contributed by atoms with Gasteiger partial charge in [0.05, 0.1) is 15.5 Å². The molecule has 2 N–H and O–H groups in total. The second-order valence-corrected chi connectivity index (χ2v) is 5.89. The SMILES string of the molecule is CCNC(=O)c1cccc(NC(=O)COC(=O)c2cc([N+](=O)[O-])ccc2Cl)c1. The molecule has 0 heterocycles. The first-order chi connectivity index (χ1) is 13.3. The van der Waals surface area contributed by atoms with Gasteiger partial charge < -0.3 is 15.4 Å². The van der Waals surface area contributed by atoms with Crippen molar-refractivity contribution in [1.29, 1.82) is 0 Å². The van der Waals surface area contributed by atoms with E-state index in [9.17, 15) is 24.5 Å². The Bertz CT molecular complexity index is 931. The Balaban J connectivity index is 1.98. The minimum atomic E-state index is -0.972. The number of carbonyl (C=O) groups is 3. The number of ether oxygens (including phenoxy) is 1. The number of benzene rings is 2. The first kappa shape index (κ1) is 20.8. The normalized spacial score (nSPS) is 10.1. The van der Waals surface area contributed by atoms with Gasteiger partial charge in [-0.2, -0.15) is 0 Å². The number of nitrogens with one attached hydrogen (secondary N) is 2. The van der Waals surface area contributed by atoms with Crippen LogP contribution in [0.5, 0.6) is 0 Å². The number of hydrogen-bond acceptors (Lipinski definition) is 6. The lowest BCUT2D eigenvalue weighted by Crippen LogP contribution is -2.23. The van der Waals surface area contributed by atoms with Crippen molar-refractivity contribution < 1.29 is 24.0 Å². The minimum Gasteiger partial charge on any atom is -0.452 e. The maximum absolute atomic E-state index is 12.1. The predicted molar refractivity (Wildman–Crippen MR) is 101 cm³/mol. The molecule has 0 atom stereocenters. The van der Waals surface area contributed by atoms with Gasteiger partial charge in [0.25, 0.3) is 17.5 Å². The van der Waals surface area contributed by atoms with Gasteiger partial charge in [-0.15, -0.1) is 0 Å². The van der Waals surface area contributed by atoms with Gasteiger partial charge in [-0.25, -0.2) is 4.79 Å². The van der Waals surface area contributed by atoms with Crippen LogP contribution in [0.4, 0.5) is 11.4 Å². The summed E-state index contributed by atoms with van der Waals surface area (Å²) in [5.41, 5.74) is 0.156. The third kappa shape index (κ3) is 5.52. The van der Waals surface area contributed by atoms with Gasteiger partial charge in [0, 0.05) is 29.9 Å². The van der Waals surface area contributed by atoms with E-state index in [0.717, 1.165) is 12.1 Å². The van der Waals surface area contributed by atoms with E-state index in [2.05, 4.69) is 10.6 Å². The van der Waals surface area contributed by atoms with Crippen molar-refractivity contribution in [3.63, 3.8) is 0 Å². The number of esters is 1. The Hall–Kier alpha value is -3.46. The maximum atomic E-state index is 12.1. The van der Waals surface area contributed by atoms with E-state index in [1.807, 2.05) is 0 Å². The van der Waals surface area contributed by atoms with Crippen molar-refractivity contribution in [2.45, 2.75) is 6.92 Å². The van der Waals surface area contributed by atoms with Gasteiger partial charge in [-0.1, -0.05) is 17.7 Å². The summed E-state index contributed by atoms with van der Waals surface area (Å²) in [5.74, 6) is -1.91. The largest absolute Gasteiger partial charge is 0.452 e. The van der Waals surface area contributed by atoms with Crippen LogP contribution in [0.1, 0.15) is 27.6 Å². The van der Waals surface area contributed by atoms with Gasteiger partial charge in [0.2, 0.25) is 0 Å². The topological polar surface area (TPSA) is 128 Å². The number of halogens is 1. The quantitative estimate of drug-likeness (QED) is 0.414. The Kier molecular flexibility index (Phi) is 7.05. The molecule has 9 nitrogen and oxygen atoms in total. The summed E-state index contributed by atoms with van der Waals surface area (Å²) in [6, 6.07) is 9.54. The van der Waals surface area contributed by atoms with Gasteiger partial charge in [-0.05, 0) is 31.2 Å². The molecule has 2 amide bonds. The number of nitro groups is 1. The van der Waals surface area contributed by atoms with Crippen molar-refractivity contribution in [2.75, 3.05) is 18.5 Å². The Labute approximate surface area is 164 Å². The zero-order valence-corrected chi connectivity index (χ0v) is 15.5. The van der Waals surface area contributed by atoms with Gasteiger partial charge in [-0.3, -0.25) is 19.7 Å². The summed E-state index contributed by atoms with van der Waals surface area (Å²) in [7, 11) is 0. The summed E-state index contributed by atoms with van der Waals surface area (Å²) in [6.07, 6.45) is 0. The number of nitro benzene ring substituents is 1. The van der Waals surface area contributed by atoms with Gasteiger partial charge in [0.1, 0.15) is 0 Å². The third-order valence-corrected chi connectivity index (χ3v) is 3.79. The van der Waals surface area contributed by atoms with Crippen molar-refractivity contribution >= 4 is 40.8 Å². The fraction of sp³-hybridized carbons (Fsp3) is 0.167. The summed E-state index contributed by atoms with van der Waals surface area (Å²) in [4.78, 5) is 46.0. The van der Waals surface area contributed by atoms with E-state index in [0.29, 0.717) is 17.8 Å². The monoisotopic (exact) mass is 405 g/mol. The highest BCUT2D eigenvalue weighted by molar-refractivity contribution is 6.33. The van der Waals surface area contributed by atoms with Crippen LogP contribution in [-0.2, 0) is 9.53 Å². The predicted octanol–water partition coefficient (Wildman–Crippen LogP) is 2.79. The van der Waals surface area contributed by atoms with Crippen molar-refractivity contribution in [3.05, 3.63) is 68.7 Å². The molecule has 0 radical (unpaired) electrons. The molecule has 0 saturated carbocycles. The smallest absolute Gasteiger partial charge is 0.340 e. The van der Waals surface area contributed by atoms with E-state index >= 15 is 0 Å². The highest BCUT2D eigenvalue weighted by Gasteiger charge is 2.18. The van der Waals surface area contributed by atoms with E-state index in [1.54, 1.807) is 25.1 Å². The highest BCUT2D eigenvalue weighted by Crippen LogP contribution is 2.22. The lowest BCUT2D eigenvalue weighted by atomic mass is 10.2. The van der Waals surface area contributed by atoms with Crippen LogP contribution in [0.2, 0.25) is 5.02 Å². The molecule has 0 saturated heterocycles. The number of amides is 2. The molecule has 0 fully saturated rings. The fourth-order valence-electron chi connectivity index (χ4n) is 2.19. The van der Waals surface area contributed by atoms with Crippen LogP contribution in [0.25, 0.3) is 0 Å². The zero-order valence-electron chi connectivity index (χ0n) is 14.7. The van der Waals surface area contributed by atoms with Crippen molar-refractivity contribution in [1.82, 2.24) is 5.32 Å². The summed E-state index contributed by atoms with van der Waals surface area (Å²) >= 11 is 5.85. The molecule has 2 aromatic carbocycles. The molecule has 0 bridgehead atoms. The van der Waals surface area contributed by atoms with Crippen LogP contribution in [0, 0.1) is 10.1 Å². The third-order valence-electron chi connectivity index (χ3n) is 3.46. The first-order valence-electron chi connectivity index (χ1n) is 8.11. The summed E-state index contributed by atoms with van der Waals surface area (Å²) < 4.78 is 4.86. The molecule has 2 rings (SSSR count). The molecule has 10 heteroatoms. The van der Waals surface area contributed by atoms with Crippen molar-refractivity contribution in [2.24, 2.45) is 0 Å². The number of non-ortho nitro benzene ring substituents is 1. The molecule has 2 aromatic rings. The minimum absolute atomic E-state index is 0.0364. The van der Waals surface area contributed by atoms with Crippen molar-refractivity contribution in [3.8, 4) is 0 Å². The Morgan fingerprint density at radius 3 is 2.61 bits per heavy atom. The van der Waals surface area contributed by atoms with Crippen LogP contribution in [0.15, 0.2) is 42.5 Å². The van der Waals surface area contributed by atoms with Crippen LogP contribution in [-0.4, -0.2) is 35.9 Å². The Morgan fingerprint density at radius 2 is 1.93 bits per heavy atom. The number of hydrogen-bond donors (Lipinski definition) is 2. The summed E-state index contributed by atoms with van der Waals surface area (Å²) in [6.45, 7) is 1.61. The molecule has 0 aromatic heterocycles. The lowest BCUT2D eigenvalue weighted by molar-refractivity contribution is -0.384. The van der Waals surface area contributed by atoms with E-state index in [-0.39, 0.29) is 22.2 Å². The number of anilines is 1. The zero-order chi connectivity index (χ0) is 20.7. The molecular weight excluding hydrogens is 390 g/mol. The van der Waals surface area contributed by atoms with Crippen LogP contribution >= 0.6 is 11.6 Å². The second kappa shape index (κ2) is 9.47. The molecule has 0 aliphatic carbocycles. The average molecular weight is 406 g/mol. The molecule has 0 unspecified atom stereocenters. The van der Waals surface area contributed by atoms with Gasteiger partial charge >= 0.3 is 5.97 Å². The number of nitrogens with zero attached hydrogens (tertiary/aromatic N) is 1. The lowest BCUT2D eigenvalue weighted by Gasteiger charge is -2.09. The molecular formula is C18H16ClN3O6.